The van der Waals surface area contributed by atoms with Crippen molar-refractivity contribution in [3.63, 3.8) is 0 Å². The van der Waals surface area contributed by atoms with Crippen LogP contribution in [0.4, 0.5) is 0 Å². The van der Waals surface area contributed by atoms with Crippen LogP contribution in [0.2, 0.25) is 0 Å². The largest absolute Gasteiger partial charge is 0.353 e. The molecule has 2 heterocycles. The van der Waals surface area contributed by atoms with Crippen LogP contribution in [0.25, 0.3) is 0 Å². The molecule has 2 rings (SSSR count). The summed E-state index contributed by atoms with van der Waals surface area (Å²) in [4.78, 5) is 6.40. The molecule has 0 spiro atoms. The lowest BCUT2D eigenvalue weighted by Crippen LogP contribution is -2.38. The van der Waals surface area contributed by atoms with Crippen molar-refractivity contribution in [1.29, 1.82) is 0 Å². The summed E-state index contributed by atoms with van der Waals surface area (Å²) in [6.45, 7) is 3.33. The third-order valence-electron chi connectivity index (χ3n) is 3.61. The number of nitrogens with zero attached hydrogens (tertiary/aromatic N) is 6. The summed E-state index contributed by atoms with van der Waals surface area (Å²) < 4.78 is 4.08. The highest BCUT2D eigenvalue weighted by atomic mass is 15.3. The van der Waals surface area contributed by atoms with Crippen LogP contribution in [0.5, 0.6) is 0 Å². The van der Waals surface area contributed by atoms with Crippen molar-refractivity contribution in [2.75, 3.05) is 14.1 Å². The molecule has 0 saturated carbocycles. The number of aliphatic imine (C=N–C) groups is 1. The molecule has 2 aromatic rings. The summed E-state index contributed by atoms with van der Waals surface area (Å²) in [5.41, 5.74) is 1.23. The van der Waals surface area contributed by atoms with Crippen LogP contribution in [0.15, 0.2) is 23.3 Å². The Balaban J connectivity index is 1.97. The molecule has 114 valence electrons. The maximum atomic E-state index is 4.31. The van der Waals surface area contributed by atoms with E-state index >= 15 is 0 Å². The smallest absolute Gasteiger partial charge is 0.194 e. The third-order valence-corrected chi connectivity index (χ3v) is 3.61. The monoisotopic (exact) mass is 289 g/mol. The zero-order chi connectivity index (χ0) is 15.4. The summed E-state index contributed by atoms with van der Waals surface area (Å²) in [5.74, 6) is 2.62. The molecule has 0 atom stereocenters. The molecular weight excluding hydrogens is 266 g/mol. The highest BCUT2D eigenvalue weighted by molar-refractivity contribution is 5.79. The van der Waals surface area contributed by atoms with E-state index in [0.717, 1.165) is 24.2 Å². The van der Waals surface area contributed by atoms with Crippen molar-refractivity contribution in [2.24, 2.45) is 19.1 Å². The first kappa shape index (κ1) is 15.1. The maximum Gasteiger partial charge on any atom is 0.194 e. The molecule has 1 N–H and O–H groups in total. The van der Waals surface area contributed by atoms with Crippen molar-refractivity contribution in [3.05, 3.63) is 35.7 Å². The number of aryl methyl sites for hydroxylation is 2. The summed E-state index contributed by atoms with van der Waals surface area (Å²) in [6, 6.07) is 4.15. The third kappa shape index (κ3) is 3.42. The fourth-order valence-electron chi connectivity index (χ4n) is 2.13. The summed E-state index contributed by atoms with van der Waals surface area (Å²) >= 11 is 0. The highest BCUT2D eigenvalue weighted by Gasteiger charge is 2.10. The predicted molar refractivity (Wildman–Crippen MR) is 82.8 cm³/mol. The van der Waals surface area contributed by atoms with Crippen LogP contribution >= 0.6 is 0 Å². The molecule has 0 aliphatic carbocycles. The van der Waals surface area contributed by atoms with Crippen LogP contribution in [0.3, 0.4) is 0 Å². The van der Waals surface area contributed by atoms with E-state index in [0.29, 0.717) is 6.54 Å². The minimum Gasteiger partial charge on any atom is -0.353 e. The Kier molecular flexibility index (Phi) is 4.62. The molecule has 21 heavy (non-hydrogen) atoms. The van der Waals surface area contributed by atoms with E-state index in [1.807, 2.05) is 44.9 Å². The second-order valence-electron chi connectivity index (χ2n) is 5.09. The summed E-state index contributed by atoms with van der Waals surface area (Å²) in [6.07, 6.45) is 2.04. The molecule has 0 aliphatic heterocycles. The van der Waals surface area contributed by atoms with Crippen LogP contribution < -0.4 is 5.32 Å². The summed E-state index contributed by atoms with van der Waals surface area (Å²) in [7, 11) is 7.81. The Hall–Kier alpha value is -2.31. The molecule has 2 aromatic heterocycles. The van der Waals surface area contributed by atoms with Gasteiger partial charge in [0.05, 0.1) is 13.1 Å². The number of nitrogens with one attached hydrogen (secondary N) is 1. The van der Waals surface area contributed by atoms with Gasteiger partial charge in [-0.1, -0.05) is 0 Å². The number of hydrogen-bond acceptors (Lipinski definition) is 3. The van der Waals surface area contributed by atoms with Crippen LogP contribution in [-0.2, 0) is 27.2 Å². The van der Waals surface area contributed by atoms with Gasteiger partial charge in [0.25, 0.3) is 0 Å². The molecule has 0 fully saturated rings. The minimum absolute atomic E-state index is 0.599. The van der Waals surface area contributed by atoms with Crippen molar-refractivity contribution in [1.82, 2.24) is 29.5 Å². The van der Waals surface area contributed by atoms with Gasteiger partial charge in [-0.15, -0.1) is 10.2 Å². The van der Waals surface area contributed by atoms with Crippen molar-refractivity contribution in [2.45, 2.75) is 20.0 Å². The van der Waals surface area contributed by atoms with Gasteiger partial charge in [-0.25, -0.2) is 0 Å². The van der Waals surface area contributed by atoms with Crippen molar-refractivity contribution in [3.8, 4) is 0 Å². The Bertz CT molecular complexity index is 623. The first-order valence-corrected chi connectivity index (χ1v) is 6.89. The summed E-state index contributed by atoms with van der Waals surface area (Å²) in [5, 5.41) is 11.5. The molecule has 0 aliphatic rings. The first-order chi connectivity index (χ1) is 10.0. The van der Waals surface area contributed by atoms with Gasteiger partial charge in [0.2, 0.25) is 0 Å². The fourth-order valence-corrected chi connectivity index (χ4v) is 2.13. The lowest BCUT2D eigenvalue weighted by molar-refractivity contribution is 0.460. The quantitative estimate of drug-likeness (QED) is 0.664. The molecule has 0 unspecified atom stereocenters. The van der Waals surface area contributed by atoms with Gasteiger partial charge in [-0.3, -0.25) is 4.99 Å². The second kappa shape index (κ2) is 6.43. The van der Waals surface area contributed by atoms with E-state index < -0.39 is 0 Å². The molecule has 0 bridgehead atoms. The zero-order valence-corrected chi connectivity index (χ0v) is 13.3. The van der Waals surface area contributed by atoms with E-state index in [-0.39, 0.29) is 0 Å². The molecule has 7 heteroatoms. The molecule has 0 aromatic carbocycles. The molecule has 0 saturated heterocycles. The number of guanidine groups is 1. The van der Waals surface area contributed by atoms with E-state index in [1.54, 1.807) is 7.05 Å². The first-order valence-electron chi connectivity index (χ1n) is 6.89. The lowest BCUT2D eigenvalue weighted by atomic mass is 10.4. The van der Waals surface area contributed by atoms with Gasteiger partial charge >= 0.3 is 0 Å². The van der Waals surface area contributed by atoms with Gasteiger partial charge < -0.3 is 19.4 Å². The van der Waals surface area contributed by atoms with Gasteiger partial charge in [-0.05, 0) is 19.1 Å². The standard InChI is InChI=1S/C14H23N7/c1-11-17-18-13(21(11)5)9-16-14(15-2)20(4)10-12-7-6-8-19(12)3/h6-8H,9-10H2,1-5H3,(H,15,16). The van der Waals surface area contributed by atoms with Gasteiger partial charge in [0, 0.05) is 40.1 Å². The molecule has 0 radical (unpaired) electrons. The van der Waals surface area contributed by atoms with Gasteiger partial charge in [0.15, 0.2) is 11.8 Å². The normalized spacial score (nSPS) is 11.8. The van der Waals surface area contributed by atoms with Gasteiger partial charge in [0.1, 0.15) is 5.82 Å². The number of rotatable bonds is 4. The average molecular weight is 289 g/mol. The van der Waals surface area contributed by atoms with E-state index in [4.69, 9.17) is 0 Å². The zero-order valence-electron chi connectivity index (χ0n) is 13.3. The SMILES string of the molecule is CN=C(NCc1nnc(C)n1C)N(C)Cc1cccn1C. The molecular formula is C14H23N7. The van der Waals surface area contributed by atoms with E-state index in [9.17, 15) is 0 Å². The van der Waals surface area contributed by atoms with Crippen molar-refractivity contribution < 1.29 is 0 Å². The van der Waals surface area contributed by atoms with Crippen LogP contribution in [-0.4, -0.2) is 44.3 Å². The van der Waals surface area contributed by atoms with E-state index in [2.05, 4.69) is 36.0 Å². The fraction of sp³-hybridized carbons (Fsp3) is 0.500. The number of aromatic nitrogens is 4. The van der Waals surface area contributed by atoms with Gasteiger partial charge in [-0.2, -0.15) is 0 Å². The topological polar surface area (TPSA) is 63.3 Å². The maximum absolute atomic E-state index is 4.31. The Labute approximate surface area is 125 Å². The molecule has 7 nitrogen and oxygen atoms in total. The highest BCUT2D eigenvalue weighted by Crippen LogP contribution is 2.04. The predicted octanol–water partition coefficient (Wildman–Crippen LogP) is 0.669. The Morgan fingerprint density at radius 1 is 1.38 bits per heavy atom. The van der Waals surface area contributed by atoms with Crippen LogP contribution in [0, 0.1) is 6.92 Å². The minimum atomic E-state index is 0.599. The second-order valence-corrected chi connectivity index (χ2v) is 5.09. The van der Waals surface area contributed by atoms with Crippen molar-refractivity contribution >= 4 is 5.96 Å². The molecule has 0 amide bonds. The average Bonchev–Trinajstić information content (AvgIpc) is 3.00. The number of hydrogen-bond donors (Lipinski definition) is 1. The lowest BCUT2D eigenvalue weighted by Gasteiger charge is -2.22. The van der Waals surface area contributed by atoms with Crippen LogP contribution in [0.1, 0.15) is 17.3 Å². The Morgan fingerprint density at radius 2 is 2.14 bits per heavy atom. The Morgan fingerprint density at radius 3 is 2.67 bits per heavy atom. The van der Waals surface area contributed by atoms with E-state index in [1.165, 1.54) is 5.69 Å².